The maximum Gasteiger partial charge on any atom is 0.235 e. The molecule has 1 aromatic carbocycles. The molecule has 0 unspecified atom stereocenters. The van der Waals surface area contributed by atoms with E-state index in [9.17, 15) is 10.1 Å². The van der Waals surface area contributed by atoms with Crippen molar-refractivity contribution >= 4 is 11.8 Å². The Morgan fingerprint density at radius 3 is 3.06 bits per heavy atom. The van der Waals surface area contributed by atoms with Gasteiger partial charge in [0.2, 0.25) is 6.20 Å². The van der Waals surface area contributed by atoms with Gasteiger partial charge in [-0.2, -0.15) is 0 Å². The van der Waals surface area contributed by atoms with Crippen molar-refractivity contribution < 1.29 is 4.92 Å². The van der Waals surface area contributed by atoms with Gasteiger partial charge in [0.1, 0.15) is 0 Å². The van der Waals surface area contributed by atoms with Crippen LogP contribution < -0.4 is 4.90 Å². The predicted octanol–water partition coefficient (Wildman–Crippen LogP) is 2.52. The van der Waals surface area contributed by atoms with Crippen LogP contribution in [-0.2, 0) is 6.42 Å². The lowest BCUT2D eigenvalue weighted by molar-refractivity contribution is -0.400. The van der Waals surface area contributed by atoms with Crippen molar-refractivity contribution in [3.63, 3.8) is 0 Å². The van der Waals surface area contributed by atoms with Crippen LogP contribution in [0.3, 0.4) is 0 Å². The topological polar surface area (TPSA) is 46.4 Å². The fourth-order valence-corrected chi connectivity index (χ4v) is 2.16. The molecule has 0 saturated heterocycles. The Kier molecular flexibility index (Phi) is 3.42. The van der Waals surface area contributed by atoms with Gasteiger partial charge in [0, 0.05) is 24.9 Å². The van der Waals surface area contributed by atoms with Crippen LogP contribution in [0.15, 0.2) is 24.4 Å². The highest BCUT2D eigenvalue weighted by Crippen LogP contribution is 2.29. The number of hydrogen-bond donors (Lipinski definition) is 0. The van der Waals surface area contributed by atoms with E-state index in [1.807, 2.05) is 18.2 Å². The molecule has 4 nitrogen and oxygen atoms in total. The molecule has 89 valence electrons. The molecule has 0 saturated carbocycles. The smallest absolute Gasteiger partial charge is 0.235 e. The highest BCUT2D eigenvalue weighted by atomic mass is 16.6. The first-order valence-electron chi connectivity index (χ1n) is 5.69. The number of anilines is 1. The molecular weight excluding hydrogens is 216 g/mol. The van der Waals surface area contributed by atoms with Crippen molar-refractivity contribution in [2.24, 2.45) is 0 Å². The quantitative estimate of drug-likeness (QED) is 0.591. The first-order valence-corrected chi connectivity index (χ1v) is 5.69. The normalized spacial score (nSPS) is 14.3. The van der Waals surface area contributed by atoms with Gasteiger partial charge in [-0.25, -0.2) is 0 Å². The Balaban J connectivity index is 2.19. The van der Waals surface area contributed by atoms with Crippen LogP contribution in [0.4, 0.5) is 5.69 Å². The number of fused-ring (bicyclic) bond motifs is 1. The molecule has 1 aliphatic heterocycles. The van der Waals surface area contributed by atoms with Crippen molar-refractivity contribution in [3.05, 3.63) is 52.6 Å². The number of benzene rings is 1. The maximum atomic E-state index is 10.2. The second kappa shape index (κ2) is 4.99. The number of nitro groups is 1. The van der Waals surface area contributed by atoms with Crippen molar-refractivity contribution in [1.29, 1.82) is 0 Å². The summed E-state index contributed by atoms with van der Waals surface area (Å²) in [5.74, 6) is 0. The largest absolute Gasteiger partial charge is 0.371 e. The van der Waals surface area contributed by atoms with E-state index in [4.69, 9.17) is 0 Å². The van der Waals surface area contributed by atoms with Crippen LogP contribution >= 0.6 is 0 Å². The lowest BCUT2D eigenvalue weighted by Gasteiger charge is -2.18. The van der Waals surface area contributed by atoms with E-state index in [1.54, 1.807) is 0 Å². The number of hydrogen-bond acceptors (Lipinski definition) is 3. The molecule has 0 amide bonds. The van der Waals surface area contributed by atoms with Crippen LogP contribution in [0, 0.1) is 17.0 Å². The van der Waals surface area contributed by atoms with Gasteiger partial charge in [-0.3, -0.25) is 10.1 Å². The van der Waals surface area contributed by atoms with Gasteiger partial charge < -0.3 is 4.90 Å². The summed E-state index contributed by atoms with van der Waals surface area (Å²) < 4.78 is 0. The molecule has 0 atom stereocenters. The highest BCUT2D eigenvalue weighted by molar-refractivity contribution is 5.63. The Morgan fingerprint density at radius 2 is 2.35 bits per heavy atom. The van der Waals surface area contributed by atoms with E-state index < -0.39 is 4.92 Å². The van der Waals surface area contributed by atoms with Crippen molar-refractivity contribution in [2.75, 3.05) is 18.0 Å². The van der Waals surface area contributed by atoms with E-state index in [0.717, 1.165) is 37.7 Å². The fourth-order valence-electron chi connectivity index (χ4n) is 2.16. The minimum absolute atomic E-state index is 0.442. The average molecular weight is 231 g/mol. The summed E-state index contributed by atoms with van der Waals surface area (Å²) in [7, 11) is 0. The molecule has 1 aromatic rings. The summed E-state index contributed by atoms with van der Waals surface area (Å²) in [5.41, 5.74) is 3.40. The molecular formula is C13H15N2O2. The van der Waals surface area contributed by atoms with E-state index >= 15 is 0 Å². The van der Waals surface area contributed by atoms with Gasteiger partial charge in [0.15, 0.2) is 0 Å². The third-order valence-corrected chi connectivity index (χ3v) is 2.91. The molecule has 0 aromatic heterocycles. The minimum Gasteiger partial charge on any atom is -0.371 e. The van der Waals surface area contributed by atoms with E-state index in [2.05, 4.69) is 11.8 Å². The zero-order valence-corrected chi connectivity index (χ0v) is 9.63. The average Bonchev–Trinajstić information content (AvgIpc) is 2.70. The van der Waals surface area contributed by atoms with Gasteiger partial charge in [-0.1, -0.05) is 13.0 Å². The summed E-state index contributed by atoms with van der Waals surface area (Å²) in [6.45, 7) is 5.85. The molecule has 4 heteroatoms. The van der Waals surface area contributed by atoms with E-state index in [1.165, 1.54) is 17.3 Å². The molecule has 17 heavy (non-hydrogen) atoms. The summed E-state index contributed by atoms with van der Waals surface area (Å²) >= 11 is 0. The lowest BCUT2D eigenvalue weighted by Crippen LogP contribution is -2.20. The lowest BCUT2D eigenvalue weighted by atomic mass is 10.1. The monoisotopic (exact) mass is 231 g/mol. The predicted molar refractivity (Wildman–Crippen MR) is 68.4 cm³/mol. The summed E-state index contributed by atoms with van der Waals surface area (Å²) in [5, 5.41) is 10.2. The second-order valence-electron chi connectivity index (χ2n) is 4.08. The highest BCUT2D eigenvalue weighted by Gasteiger charge is 2.17. The van der Waals surface area contributed by atoms with Gasteiger partial charge in [0.05, 0.1) is 4.92 Å². The van der Waals surface area contributed by atoms with E-state index in [0.29, 0.717) is 0 Å². The molecule has 0 spiro atoms. The zero-order valence-electron chi connectivity index (χ0n) is 9.63. The van der Waals surface area contributed by atoms with Crippen molar-refractivity contribution in [2.45, 2.75) is 12.8 Å². The summed E-state index contributed by atoms with van der Waals surface area (Å²) in [6.07, 6.45) is 4.41. The van der Waals surface area contributed by atoms with Gasteiger partial charge in [-0.05, 0) is 36.1 Å². The third-order valence-electron chi connectivity index (χ3n) is 2.91. The number of rotatable bonds is 4. The molecule has 1 radical (unpaired) electrons. The van der Waals surface area contributed by atoms with Gasteiger partial charge >= 0.3 is 0 Å². The molecule has 1 aliphatic rings. The van der Waals surface area contributed by atoms with Crippen LogP contribution in [0.25, 0.3) is 6.08 Å². The second-order valence-corrected chi connectivity index (χ2v) is 4.08. The minimum atomic E-state index is -0.442. The summed E-state index contributed by atoms with van der Waals surface area (Å²) in [6, 6.07) is 5.98. The third kappa shape index (κ3) is 2.64. The Hall–Kier alpha value is -1.84. The Bertz CT molecular complexity index is 455. The Morgan fingerprint density at radius 1 is 1.53 bits per heavy atom. The zero-order chi connectivity index (χ0) is 12.3. The molecule has 0 fully saturated rings. The first-order chi connectivity index (χ1) is 8.20. The Labute approximate surface area is 101 Å². The number of nitrogens with zero attached hydrogens (tertiary/aromatic N) is 2. The van der Waals surface area contributed by atoms with Crippen LogP contribution in [0.2, 0.25) is 0 Å². The molecule has 0 N–H and O–H groups in total. The molecule has 0 bridgehead atoms. The first kappa shape index (κ1) is 11.6. The van der Waals surface area contributed by atoms with Crippen LogP contribution in [0.1, 0.15) is 17.5 Å². The molecule has 2 rings (SSSR count). The molecule has 1 heterocycles. The van der Waals surface area contributed by atoms with Crippen LogP contribution in [-0.4, -0.2) is 18.0 Å². The molecule has 0 aliphatic carbocycles. The van der Waals surface area contributed by atoms with E-state index in [-0.39, 0.29) is 0 Å². The standard InChI is InChI=1S/C13H15N2O2/c1-2-7-14-8-6-12-10-11(3-4-13(12)14)5-9-15(16)17/h3-5,9-10H,1-2,6-8H2. The van der Waals surface area contributed by atoms with Gasteiger partial charge in [0.25, 0.3) is 0 Å². The van der Waals surface area contributed by atoms with Gasteiger partial charge in [-0.15, -0.1) is 0 Å². The fraction of sp³-hybridized carbons (Fsp3) is 0.308. The van der Waals surface area contributed by atoms with Crippen molar-refractivity contribution in [3.8, 4) is 0 Å². The SMILES string of the molecule is [CH2]CCN1CCc2cc(C=C[N+](=O)[O-])ccc21. The van der Waals surface area contributed by atoms with Crippen LogP contribution in [0.5, 0.6) is 0 Å². The summed E-state index contributed by atoms with van der Waals surface area (Å²) in [4.78, 5) is 12.1. The maximum absolute atomic E-state index is 10.2. The van der Waals surface area contributed by atoms with Crippen molar-refractivity contribution in [1.82, 2.24) is 0 Å².